The maximum Gasteiger partial charge on any atom is 0.408 e. The molecule has 2 rings (SSSR count). The van der Waals surface area contributed by atoms with E-state index in [1.54, 1.807) is 39.0 Å². The fraction of sp³-hybridized carbons (Fsp3) is 0.531. The van der Waals surface area contributed by atoms with Crippen LogP contribution in [0.5, 0.6) is 5.75 Å². The van der Waals surface area contributed by atoms with Gasteiger partial charge in [-0.1, -0.05) is 75.4 Å². The van der Waals surface area contributed by atoms with Crippen molar-refractivity contribution in [2.75, 3.05) is 17.6 Å². The first-order valence-electron chi connectivity index (χ1n) is 14.4. The molecule has 0 heterocycles. The molecule has 0 bridgehead atoms. The van der Waals surface area contributed by atoms with Gasteiger partial charge in [0, 0.05) is 23.5 Å². The van der Waals surface area contributed by atoms with Gasteiger partial charge in [0.15, 0.2) is 0 Å². The molecule has 0 aromatic heterocycles. The molecule has 0 aliphatic heterocycles. The Labute approximate surface area is 250 Å². The Bertz CT molecular complexity index is 1140. The number of carbonyl (C=O) groups is 3. The van der Waals surface area contributed by atoms with Crippen LogP contribution in [0.15, 0.2) is 42.5 Å². The summed E-state index contributed by atoms with van der Waals surface area (Å²) in [6.07, 6.45) is 5.16. The molecule has 9 heteroatoms. The van der Waals surface area contributed by atoms with Crippen LogP contribution in [-0.4, -0.2) is 51.9 Å². The summed E-state index contributed by atoms with van der Waals surface area (Å²) >= 11 is 4.35. The number of nitrogens with zero attached hydrogens (tertiary/aromatic N) is 1. The van der Waals surface area contributed by atoms with E-state index in [9.17, 15) is 19.5 Å². The molecule has 226 valence electrons. The average Bonchev–Trinajstić information content (AvgIpc) is 2.90. The number of hydrogen-bond acceptors (Lipinski definition) is 6. The number of aromatic hydroxyl groups is 1. The van der Waals surface area contributed by atoms with Gasteiger partial charge in [0.05, 0.1) is 0 Å². The summed E-state index contributed by atoms with van der Waals surface area (Å²) in [6, 6.07) is 10.0. The highest BCUT2D eigenvalue weighted by atomic mass is 32.1. The van der Waals surface area contributed by atoms with Crippen LogP contribution in [0, 0.1) is 13.8 Å². The zero-order valence-electron chi connectivity index (χ0n) is 25.3. The van der Waals surface area contributed by atoms with Crippen LogP contribution < -0.4 is 10.6 Å². The quantitative estimate of drug-likeness (QED) is 0.146. The molecule has 0 saturated heterocycles. The van der Waals surface area contributed by atoms with Gasteiger partial charge in [-0.05, 0) is 58.2 Å². The van der Waals surface area contributed by atoms with Gasteiger partial charge in [-0.3, -0.25) is 9.59 Å². The van der Waals surface area contributed by atoms with Crippen LogP contribution in [0.2, 0.25) is 0 Å². The number of ether oxygens (including phenoxy) is 1. The fourth-order valence-electron chi connectivity index (χ4n) is 4.64. The SMILES string of the molecule is CCCCCCCCN(C(=O)C(CS)NC(=O)OC(C)(C)C)C(C(=O)Nc1c(C)cccc1C)c1ccccc1O. The fourth-order valence-corrected chi connectivity index (χ4v) is 4.88. The summed E-state index contributed by atoms with van der Waals surface area (Å²) in [7, 11) is 0. The molecule has 0 spiro atoms. The number of amides is 3. The van der Waals surface area contributed by atoms with Gasteiger partial charge in [0.1, 0.15) is 23.4 Å². The Hall–Kier alpha value is -3.20. The van der Waals surface area contributed by atoms with Crippen molar-refractivity contribution >= 4 is 36.2 Å². The molecule has 41 heavy (non-hydrogen) atoms. The Morgan fingerprint density at radius 1 is 0.951 bits per heavy atom. The lowest BCUT2D eigenvalue weighted by atomic mass is 10.00. The first-order chi connectivity index (χ1) is 19.4. The predicted octanol–water partition coefficient (Wildman–Crippen LogP) is 6.70. The first-order valence-corrected chi connectivity index (χ1v) is 15.1. The molecule has 3 amide bonds. The van der Waals surface area contributed by atoms with E-state index in [0.29, 0.717) is 17.7 Å². The number of carbonyl (C=O) groups excluding carboxylic acids is 3. The molecule has 8 nitrogen and oxygen atoms in total. The van der Waals surface area contributed by atoms with Crippen molar-refractivity contribution in [3.8, 4) is 5.75 Å². The number of anilines is 1. The van der Waals surface area contributed by atoms with E-state index in [0.717, 1.165) is 43.2 Å². The third kappa shape index (κ3) is 10.6. The number of phenolic OH excluding ortho intramolecular Hbond substituents is 1. The van der Waals surface area contributed by atoms with Gasteiger partial charge in [-0.25, -0.2) is 4.79 Å². The number of rotatable bonds is 14. The summed E-state index contributed by atoms with van der Waals surface area (Å²) in [6.45, 7) is 11.4. The topological polar surface area (TPSA) is 108 Å². The summed E-state index contributed by atoms with van der Waals surface area (Å²) < 4.78 is 5.38. The van der Waals surface area contributed by atoms with Gasteiger partial charge >= 0.3 is 6.09 Å². The average molecular weight is 586 g/mol. The zero-order valence-corrected chi connectivity index (χ0v) is 26.2. The normalized spacial score (nSPS) is 12.8. The molecule has 2 atom stereocenters. The number of benzene rings is 2. The molecule has 0 saturated carbocycles. The molecular formula is C32H47N3O5S. The summed E-state index contributed by atoms with van der Waals surface area (Å²) in [4.78, 5) is 42.2. The van der Waals surface area contributed by atoms with Crippen molar-refractivity contribution in [2.45, 2.75) is 97.8 Å². The van der Waals surface area contributed by atoms with E-state index in [1.165, 1.54) is 11.0 Å². The van der Waals surface area contributed by atoms with Crippen molar-refractivity contribution in [3.63, 3.8) is 0 Å². The molecule has 0 radical (unpaired) electrons. The second-order valence-corrected chi connectivity index (χ2v) is 11.8. The standard InChI is InChI=1S/C32H47N3O5S/c1-7-8-9-10-11-14-20-35(30(38)25(21-41)33-31(39)40-32(4,5)6)28(24-18-12-13-19-26(24)36)29(37)34-27-22(2)16-15-17-23(27)3/h12-13,15-19,25,28,36,41H,7-11,14,20-21H2,1-6H3,(H,33,39)(H,34,37). The van der Waals surface area contributed by atoms with Crippen molar-refractivity contribution < 1.29 is 24.2 Å². The Kier molecular flexibility index (Phi) is 13.5. The Balaban J connectivity index is 2.50. The minimum Gasteiger partial charge on any atom is -0.508 e. The molecule has 0 aliphatic rings. The van der Waals surface area contributed by atoms with Crippen molar-refractivity contribution in [2.24, 2.45) is 0 Å². The number of hydrogen-bond donors (Lipinski definition) is 4. The minimum atomic E-state index is -1.15. The number of para-hydroxylation sites is 2. The van der Waals surface area contributed by atoms with Crippen LogP contribution in [0.3, 0.4) is 0 Å². The smallest absolute Gasteiger partial charge is 0.408 e. The Morgan fingerprint density at radius 3 is 2.15 bits per heavy atom. The van der Waals surface area contributed by atoms with E-state index in [-0.39, 0.29) is 18.0 Å². The second kappa shape index (κ2) is 16.3. The number of unbranched alkanes of at least 4 members (excludes halogenated alkanes) is 5. The van der Waals surface area contributed by atoms with Gasteiger partial charge in [-0.15, -0.1) is 0 Å². The molecule has 2 aromatic rings. The first kappa shape index (κ1) is 34.0. The maximum atomic E-state index is 14.1. The molecular weight excluding hydrogens is 538 g/mol. The van der Waals surface area contributed by atoms with E-state index >= 15 is 0 Å². The summed E-state index contributed by atoms with van der Waals surface area (Å²) in [5.74, 6) is -1.04. The van der Waals surface area contributed by atoms with Crippen LogP contribution in [0.1, 0.15) is 89.0 Å². The summed E-state index contributed by atoms with van der Waals surface area (Å²) in [5, 5.41) is 16.5. The van der Waals surface area contributed by atoms with E-state index in [1.807, 2.05) is 32.0 Å². The van der Waals surface area contributed by atoms with Crippen LogP contribution >= 0.6 is 12.6 Å². The van der Waals surface area contributed by atoms with Gasteiger partial charge < -0.3 is 25.4 Å². The Morgan fingerprint density at radius 2 is 1.56 bits per heavy atom. The third-order valence-electron chi connectivity index (χ3n) is 6.73. The van der Waals surface area contributed by atoms with Gasteiger partial charge in [-0.2, -0.15) is 12.6 Å². The lowest BCUT2D eigenvalue weighted by Gasteiger charge is -2.34. The molecule has 0 fully saturated rings. The van der Waals surface area contributed by atoms with Crippen LogP contribution in [0.25, 0.3) is 0 Å². The molecule has 0 aliphatic carbocycles. The van der Waals surface area contributed by atoms with Gasteiger partial charge in [0.25, 0.3) is 5.91 Å². The van der Waals surface area contributed by atoms with Gasteiger partial charge in [0.2, 0.25) is 5.91 Å². The monoisotopic (exact) mass is 585 g/mol. The van der Waals surface area contributed by atoms with Crippen LogP contribution in [0.4, 0.5) is 10.5 Å². The van der Waals surface area contributed by atoms with Crippen LogP contribution in [-0.2, 0) is 14.3 Å². The zero-order chi connectivity index (χ0) is 30.6. The highest BCUT2D eigenvalue weighted by Crippen LogP contribution is 2.32. The minimum absolute atomic E-state index is 0.00289. The second-order valence-electron chi connectivity index (χ2n) is 11.4. The third-order valence-corrected chi connectivity index (χ3v) is 7.09. The number of thiol groups is 1. The van der Waals surface area contributed by atoms with E-state index in [2.05, 4.69) is 30.2 Å². The predicted molar refractivity (Wildman–Crippen MR) is 167 cm³/mol. The lowest BCUT2D eigenvalue weighted by Crippen LogP contribution is -2.53. The number of aryl methyl sites for hydroxylation is 2. The maximum absolute atomic E-state index is 14.1. The largest absolute Gasteiger partial charge is 0.508 e. The van der Waals surface area contributed by atoms with E-state index in [4.69, 9.17) is 4.74 Å². The lowest BCUT2D eigenvalue weighted by molar-refractivity contribution is -0.140. The summed E-state index contributed by atoms with van der Waals surface area (Å²) in [5.41, 5.74) is 1.95. The number of nitrogens with one attached hydrogen (secondary N) is 2. The molecule has 2 unspecified atom stereocenters. The highest BCUT2D eigenvalue weighted by Gasteiger charge is 2.37. The van der Waals surface area contributed by atoms with Crippen molar-refractivity contribution in [1.82, 2.24) is 10.2 Å². The number of alkyl carbamates (subject to hydrolysis) is 1. The van der Waals surface area contributed by atoms with Crippen molar-refractivity contribution in [1.29, 1.82) is 0 Å². The molecule has 3 N–H and O–H groups in total. The highest BCUT2D eigenvalue weighted by molar-refractivity contribution is 7.80. The molecule has 2 aromatic carbocycles. The van der Waals surface area contributed by atoms with E-state index < -0.39 is 35.6 Å². The number of phenols is 1. The van der Waals surface area contributed by atoms with Crippen molar-refractivity contribution in [3.05, 3.63) is 59.2 Å².